The van der Waals surface area contributed by atoms with Gasteiger partial charge in [0.2, 0.25) is 0 Å². The number of fused-ring (bicyclic) bond motifs is 1. The molecular formula is C23H35IN4. The normalized spacial score (nSPS) is 15.7. The Hall–Kier alpha value is -0.920. The number of piperidine rings is 1. The number of aryl methyl sites for hydroxylation is 1. The van der Waals surface area contributed by atoms with Crippen molar-refractivity contribution in [3.63, 3.8) is 0 Å². The van der Waals surface area contributed by atoms with E-state index in [0.717, 1.165) is 62.9 Å². The smallest absolute Gasteiger partial charge is 0.0726 e. The summed E-state index contributed by atoms with van der Waals surface area (Å²) in [5.41, 5.74) is 5.03. The second kappa shape index (κ2) is 10.2. The summed E-state index contributed by atoms with van der Waals surface area (Å²) in [5.74, 6) is 0.794. The summed E-state index contributed by atoms with van der Waals surface area (Å²) in [6.45, 7) is 16.9. The van der Waals surface area contributed by atoms with Gasteiger partial charge in [-0.15, -0.1) is 0 Å². The van der Waals surface area contributed by atoms with Crippen LogP contribution in [0.2, 0.25) is 0 Å². The van der Waals surface area contributed by atoms with E-state index in [1.807, 2.05) is 0 Å². The molecule has 2 heterocycles. The molecule has 0 unspecified atom stereocenters. The van der Waals surface area contributed by atoms with Gasteiger partial charge in [-0.1, -0.05) is 13.8 Å². The number of pyridine rings is 1. The zero-order valence-corrected chi connectivity index (χ0v) is 20.1. The van der Waals surface area contributed by atoms with Gasteiger partial charge < -0.3 is 15.1 Å². The van der Waals surface area contributed by atoms with Crippen LogP contribution in [-0.4, -0.2) is 55.7 Å². The van der Waals surface area contributed by atoms with Crippen molar-refractivity contribution in [2.45, 2.75) is 40.5 Å². The van der Waals surface area contributed by atoms with E-state index in [9.17, 15) is 0 Å². The summed E-state index contributed by atoms with van der Waals surface area (Å²) in [6.07, 6.45) is 2.54. The van der Waals surface area contributed by atoms with Crippen molar-refractivity contribution in [1.29, 1.82) is 0 Å². The van der Waals surface area contributed by atoms with Crippen molar-refractivity contribution in [3.8, 4) is 0 Å². The van der Waals surface area contributed by atoms with Gasteiger partial charge in [0.25, 0.3) is 0 Å². The standard InChI is InChI=1S/C23H35IN4/c1-5-27(6-2)14-11-25-16-19-9-12-28(13-10-19)23-17(3)18(4)26-22-8-7-20(24)15-21(22)23/h7-8,15,19,25H,5-6,9-14,16H2,1-4H3. The molecule has 1 saturated heterocycles. The van der Waals surface area contributed by atoms with Gasteiger partial charge >= 0.3 is 0 Å². The molecule has 28 heavy (non-hydrogen) atoms. The minimum absolute atomic E-state index is 0.794. The van der Waals surface area contributed by atoms with Crippen LogP contribution in [0.15, 0.2) is 18.2 Å². The number of benzene rings is 1. The Labute approximate surface area is 184 Å². The third-order valence-electron chi connectivity index (χ3n) is 6.26. The molecule has 1 aromatic carbocycles. The van der Waals surface area contributed by atoms with Crippen LogP contribution in [0.3, 0.4) is 0 Å². The van der Waals surface area contributed by atoms with Crippen molar-refractivity contribution < 1.29 is 0 Å². The molecule has 2 aromatic rings. The van der Waals surface area contributed by atoms with E-state index in [0.29, 0.717) is 0 Å². The van der Waals surface area contributed by atoms with E-state index in [4.69, 9.17) is 4.98 Å². The summed E-state index contributed by atoms with van der Waals surface area (Å²) in [4.78, 5) is 9.91. The zero-order valence-electron chi connectivity index (χ0n) is 17.9. The molecule has 5 heteroatoms. The van der Waals surface area contributed by atoms with Crippen LogP contribution in [0, 0.1) is 23.3 Å². The third kappa shape index (κ3) is 5.16. The fraction of sp³-hybridized carbons (Fsp3) is 0.609. The maximum absolute atomic E-state index is 4.82. The molecule has 4 nitrogen and oxygen atoms in total. The number of nitrogens with zero attached hydrogens (tertiary/aromatic N) is 3. The first-order chi connectivity index (χ1) is 13.5. The van der Waals surface area contributed by atoms with E-state index < -0.39 is 0 Å². The molecule has 1 aliphatic heterocycles. The Morgan fingerprint density at radius 3 is 2.57 bits per heavy atom. The van der Waals surface area contributed by atoms with E-state index in [1.165, 1.54) is 33.0 Å². The first-order valence-corrected chi connectivity index (χ1v) is 11.9. The van der Waals surface area contributed by atoms with Gasteiger partial charge in [-0.05, 0) is 98.6 Å². The van der Waals surface area contributed by atoms with E-state index in [1.54, 1.807) is 0 Å². The lowest BCUT2D eigenvalue weighted by Gasteiger charge is -2.35. The van der Waals surface area contributed by atoms with Crippen molar-refractivity contribution >= 4 is 39.2 Å². The van der Waals surface area contributed by atoms with Gasteiger partial charge in [-0.2, -0.15) is 0 Å². The minimum atomic E-state index is 0.794. The first kappa shape index (κ1) is 21.8. The third-order valence-corrected chi connectivity index (χ3v) is 6.93. The largest absolute Gasteiger partial charge is 0.371 e. The molecule has 1 fully saturated rings. The Balaban J connectivity index is 1.61. The predicted octanol–water partition coefficient (Wildman–Crippen LogP) is 4.60. The minimum Gasteiger partial charge on any atom is -0.371 e. The number of rotatable bonds is 8. The lowest BCUT2D eigenvalue weighted by Crippen LogP contribution is -2.39. The highest BCUT2D eigenvalue weighted by Gasteiger charge is 2.23. The molecule has 1 aromatic heterocycles. The van der Waals surface area contributed by atoms with Crippen LogP contribution in [-0.2, 0) is 0 Å². The molecule has 1 aliphatic rings. The van der Waals surface area contributed by atoms with Crippen LogP contribution in [0.1, 0.15) is 37.9 Å². The number of aromatic nitrogens is 1. The molecule has 0 bridgehead atoms. The predicted molar refractivity (Wildman–Crippen MR) is 130 cm³/mol. The lowest BCUT2D eigenvalue weighted by atomic mass is 9.95. The molecule has 0 saturated carbocycles. The summed E-state index contributed by atoms with van der Waals surface area (Å²) in [6, 6.07) is 6.62. The van der Waals surface area contributed by atoms with Crippen molar-refractivity contribution in [1.82, 2.24) is 15.2 Å². The first-order valence-electron chi connectivity index (χ1n) is 10.8. The fourth-order valence-electron chi connectivity index (χ4n) is 4.28. The van der Waals surface area contributed by atoms with Gasteiger partial charge in [-0.3, -0.25) is 4.98 Å². The van der Waals surface area contributed by atoms with Crippen LogP contribution in [0.4, 0.5) is 5.69 Å². The lowest BCUT2D eigenvalue weighted by molar-refractivity contribution is 0.294. The van der Waals surface area contributed by atoms with Gasteiger partial charge in [0, 0.05) is 40.8 Å². The molecule has 0 aliphatic carbocycles. The van der Waals surface area contributed by atoms with Crippen molar-refractivity contribution in [3.05, 3.63) is 33.0 Å². The highest BCUT2D eigenvalue weighted by Crippen LogP contribution is 2.34. The van der Waals surface area contributed by atoms with Crippen LogP contribution in [0.5, 0.6) is 0 Å². The molecular weight excluding hydrogens is 459 g/mol. The van der Waals surface area contributed by atoms with Crippen LogP contribution < -0.4 is 10.2 Å². The molecule has 154 valence electrons. The number of hydrogen-bond acceptors (Lipinski definition) is 4. The second-order valence-electron chi connectivity index (χ2n) is 7.99. The average molecular weight is 494 g/mol. The average Bonchev–Trinajstić information content (AvgIpc) is 2.70. The van der Waals surface area contributed by atoms with Gasteiger partial charge in [0.15, 0.2) is 0 Å². The molecule has 0 amide bonds. The van der Waals surface area contributed by atoms with Gasteiger partial charge in [-0.25, -0.2) is 0 Å². The van der Waals surface area contributed by atoms with Gasteiger partial charge in [0.1, 0.15) is 0 Å². The summed E-state index contributed by atoms with van der Waals surface area (Å²) in [7, 11) is 0. The number of anilines is 1. The second-order valence-corrected chi connectivity index (χ2v) is 9.24. The molecule has 3 rings (SSSR count). The Kier molecular flexibility index (Phi) is 7.94. The number of halogens is 1. The Morgan fingerprint density at radius 2 is 1.89 bits per heavy atom. The maximum atomic E-state index is 4.82. The van der Waals surface area contributed by atoms with E-state index in [-0.39, 0.29) is 0 Å². The monoisotopic (exact) mass is 494 g/mol. The van der Waals surface area contributed by atoms with E-state index in [2.05, 4.69) is 83.6 Å². The molecule has 1 N–H and O–H groups in total. The van der Waals surface area contributed by atoms with Crippen LogP contribution >= 0.6 is 22.6 Å². The summed E-state index contributed by atoms with van der Waals surface area (Å²) >= 11 is 2.41. The highest BCUT2D eigenvalue weighted by atomic mass is 127. The zero-order chi connectivity index (χ0) is 20.1. The molecule has 0 atom stereocenters. The van der Waals surface area contributed by atoms with Crippen LogP contribution in [0.25, 0.3) is 10.9 Å². The van der Waals surface area contributed by atoms with Crippen molar-refractivity contribution in [2.75, 3.05) is 50.7 Å². The molecule has 0 spiro atoms. The van der Waals surface area contributed by atoms with Gasteiger partial charge in [0.05, 0.1) is 11.2 Å². The van der Waals surface area contributed by atoms with Crippen molar-refractivity contribution in [2.24, 2.45) is 5.92 Å². The highest BCUT2D eigenvalue weighted by molar-refractivity contribution is 14.1. The summed E-state index contributed by atoms with van der Waals surface area (Å²) < 4.78 is 1.28. The Bertz CT molecular complexity index is 780. The molecule has 0 radical (unpaired) electrons. The summed E-state index contributed by atoms with van der Waals surface area (Å²) in [5, 5.41) is 5.01. The number of likely N-dealkylation sites (N-methyl/N-ethyl adjacent to an activating group) is 1. The number of nitrogens with one attached hydrogen (secondary N) is 1. The SMILES string of the molecule is CCN(CC)CCNCC1CCN(c2c(C)c(C)nc3ccc(I)cc23)CC1. The topological polar surface area (TPSA) is 31.4 Å². The fourth-order valence-corrected chi connectivity index (χ4v) is 4.78. The number of hydrogen-bond donors (Lipinski definition) is 1. The van der Waals surface area contributed by atoms with E-state index >= 15 is 0 Å². The maximum Gasteiger partial charge on any atom is 0.0726 e. The quantitative estimate of drug-likeness (QED) is 0.429. The Morgan fingerprint density at radius 1 is 1.18 bits per heavy atom.